The van der Waals surface area contributed by atoms with Crippen molar-refractivity contribution in [1.82, 2.24) is 14.5 Å². The number of carbonyl (C=O) groups excluding carboxylic acids is 1. The van der Waals surface area contributed by atoms with E-state index in [1.807, 2.05) is 53.4 Å². The number of aromatic nitrogens is 2. The molecule has 172 valence electrons. The van der Waals surface area contributed by atoms with Crippen molar-refractivity contribution in [3.63, 3.8) is 0 Å². The Labute approximate surface area is 196 Å². The predicted molar refractivity (Wildman–Crippen MR) is 131 cm³/mol. The molecule has 0 atom stereocenters. The monoisotopic (exact) mass is 456 g/mol. The fourth-order valence-electron chi connectivity index (χ4n) is 4.41. The minimum absolute atomic E-state index is 0.00678. The van der Waals surface area contributed by atoms with Gasteiger partial charge in [-0.1, -0.05) is 24.3 Å². The number of fused-ring (bicyclic) bond motifs is 1. The van der Waals surface area contributed by atoms with Crippen LogP contribution in [0.1, 0.15) is 21.6 Å². The molecular weight excluding hydrogens is 431 g/mol. The van der Waals surface area contributed by atoms with Gasteiger partial charge in [-0.05, 0) is 61.0 Å². The number of nitrogens with zero attached hydrogens (tertiary/aromatic N) is 4. The number of carbonyl (C=O) groups is 1. The number of rotatable bonds is 4. The number of anilines is 1. The van der Waals surface area contributed by atoms with Gasteiger partial charge in [-0.3, -0.25) is 9.59 Å². The molecule has 1 aliphatic rings. The lowest BCUT2D eigenvalue weighted by molar-refractivity contribution is 0.0747. The topological polar surface area (TPSA) is 58.4 Å². The molecule has 1 aromatic heterocycles. The molecular formula is C27H25FN4O2. The number of para-hydroxylation sites is 2. The zero-order chi connectivity index (χ0) is 23.7. The van der Waals surface area contributed by atoms with Gasteiger partial charge >= 0.3 is 0 Å². The van der Waals surface area contributed by atoms with Crippen molar-refractivity contribution < 1.29 is 9.18 Å². The Morgan fingerprint density at radius 3 is 2.29 bits per heavy atom. The van der Waals surface area contributed by atoms with E-state index in [0.29, 0.717) is 44.0 Å². The van der Waals surface area contributed by atoms with Crippen LogP contribution < -0.4 is 10.5 Å². The summed E-state index contributed by atoms with van der Waals surface area (Å²) in [7, 11) is 0. The maximum absolute atomic E-state index is 13.2. The highest BCUT2D eigenvalue weighted by Crippen LogP contribution is 2.19. The zero-order valence-electron chi connectivity index (χ0n) is 18.9. The number of amides is 1. The smallest absolute Gasteiger partial charge is 0.272 e. The summed E-state index contributed by atoms with van der Waals surface area (Å²) in [4.78, 5) is 34.2. The largest absolute Gasteiger partial charge is 0.368 e. The van der Waals surface area contributed by atoms with Crippen LogP contribution in [0.4, 0.5) is 10.1 Å². The maximum Gasteiger partial charge on any atom is 0.272 e. The van der Waals surface area contributed by atoms with Crippen LogP contribution in [0, 0.1) is 12.7 Å². The van der Waals surface area contributed by atoms with E-state index in [-0.39, 0.29) is 17.3 Å². The highest BCUT2D eigenvalue weighted by atomic mass is 19.1. The Morgan fingerprint density at radius 1 is 0.912 bits per heavy atom. The average Bonchev–Trinajstić information content (AvgIpc) is 2.87. The van der Waals surface area contributed by atoms with Gasteiger partial charge in [0.1, 0.15) is 11.5 Å². The second-order valence-electron chi connectivity index (χ2n) is 8.53. The Kier molecular flexibility index (Phi) is 5.84. The van der Waals surface area contributed by atoms with E-state index in [2.05, 4.69) is 9.88 Å². The lowest BCUT2D eigenvalue weighted by atomic mass is 10.1. The molecule has 3 aromatic carbocycles. The van der Waals surface area contributed by atoms with Crippen LogP contribution in [-0.4, -0.2) is 46.5 Å². The average molecular weight is 457 g/mol. The summed E-state index contributed by atoms with van der Waals surface area (Å²) in [6, 6.07) is 21.5. The second-order valence-corrected chi connectivity index (χ2v) is 8.53. The number of hydrogen-bond donors (Lipinski definition) is 0. The molecule has 2 heterocycles. The van der Waals surface area contributed by atoms with Crippen LogP contribution in [0.15, 0.2) is 77.6 Å². The first kappa shape index (κ1) is 21.8. The van der Waals surface area contributed by atoms with Crippen molar-refractivity contribution in [3.8, 4) is 0 Å². The summed E-state index contributed by atoms with van der Waals surface area (Å²) in [6.45, 7) is 4.75. The lowest BCUT2D eigenvalue weighted by Gasteiger charge is -2.36. The molecule has 1 amide bonds. The third-order valence-electron chi connectivity index (χ3n) is 6.32. The number of benzene rings is 3. The first-order valence-electron chi connectivity index (χ1n) is 11.3. The Balaban J connectivity index is 1.27. The van der Waals surface area contributed by atoms with Crippen molar-refractivity contribution in [3.05, 3.63) is 106 Å². The van der Waals surface area contributed by atoms with Crippen LogP contribution in [0.5, 0.6) is 0 Å². The van der Waals surface area contributed by atoms with Crippen molar-refractivity contribution >= 4 is 22.6 Å². The van der Waals surface area contributed by atoms with Crippen molar-refractivity contribution in [2.75, 3.05) is 31.1 Å². The molecule has 0 saturated carbocycles. The molecule has 0 bridgehead atoms. The number of hydrogen-bond acceptors (Lipinski definition) is 4. The first-order chi connectivity index (χ1) is 16.5. The minimum atomic E-state index is -0.252. The second kappa shape index (κ2) is 9.09. The van der Waals surface area contributed by atoms with E-state index in [1.165, 1.54) is 12.1 Å². The SMILES string of the molecule is Cc1nc2ccccc2n(Cc2ccc(C(=O)N3CCN(c4ccc(F)cc4)CC3)cc2)c1=O. The van der Waals surface area contributed by atoms with Crippen molar-refractivity contribution in [2.24, 2.45) is 0 Å². The lowest BCUT2D eigenvalue weighted by Crippen LogP contribution is -2.48. The number of aryl methyl sites for hydroxylation is 1. The Hall–Kier alpha value is -4.00. The van der Waals surface area contributed by atoms with E-state index >= 15 is 0 Å². The highest BCUT2D eigenvalue weighted by molar-refractivity contribution is 5.94. The van der Waals surface area contributed by atoms with E-state index in [4.69, 9.17) is 0 Å². The predicted octanol–water partition coefficient (Wildman–Crippen LogP) is 3.85. The van der Waals surface area contributed by atoms with Gasteiger partial charge in [0.05, 0.1) is 17.6 Å². The molecule has 34 heavy (non-hydrogen) atoms. The van der Waals surface area contributed by atoms with Gasteiger partial charge in [0.25, 0.3) is 11.5 Å². The summed E-state index contributed by atoms with van der Waals surface area (Å²) in [5.74, 6) is -0.259. The molecule has 5 rings (SSSR count). The Bertz CT molecular complexity index is 1390. The first-order valence-corrected chi connectivity index (χ1v) is 11.3. The van der Waals surface area contributed by atoms with Crippen molar-refractivity contribution in [2.45, 2.75) is 13.5 Å². The zero-order valence-corrected chi connectivity index (χ0v) is 18.9. The van der Waals surface area contributed by atoms with E-state index in [0.717, 1.165) is 22.3 Å². The fourth-order valence-corrected chi connectivity index (χ4v) is 4.41. The highest BCUT2D eigenvalue weighted by Gasteiger charge is 2.22. The minimum Gasteiger partial charge on any atom is -0.368 e. The van der Waals surface area contributed by atoms with Crippen LogP contribution in [0.25, 0.3) is 11.0 Å². The van der Waals surface area contributed by atoms with Gasteiger partial charge in [0.15, 0.2) is 0 Å². The van der Waals surface area contributed by atoms with Gasteiger partial charge in [-0.2, -0.15) is 0 Å². The standard InChI is InChI=1S/C27H25FN4O2/c1-19-26(33)32(25-5-3-2-4-24(25)29-19)18-20-6-8-21(9-7-20)27(34)31-16-14-30(15-17-31)23-12-10-22(28)11-13-23/h2-13H,14-18H2,1H3. The molecule has 0 spiro atoms. The third kappa shape index (κ3) is 4.29. The maximum atomic E-state index is 13.2. The van der Waals surface area contributed by atoms with Crippen LogP contribution in [-0.2, 0) is 6.54 Å². The van der Waals surface area contributed by atoms with Gasteiger partial charge < -0.3 is 14.4 Å². The van der Waals surface area contributed by atoms with Gasteiger partial charge in [0, 0.05) is 37.4 Å². The van der Waals surface area contributed by atoms with E-state index in [9.17, 15) is 14.0 Å². The summed E-state index contributed by atoms with van der Waals surface area (Å²) in [5, 5.41) is 0. The molecule has 7 heteroatoms. The molecule has 6 nitrogen and oxygen atoms in total. The number of halogens is 1. The van der Waals surface area contributed by atoms with Gasteiger partial charge in [-0.25, -0.2) is 9.37 Å². The fraction of sp³-hybridized carbons (Fsp3) is 0.222. The molecule has 1 fully saturated rings. The molecule has 1 aliphatic heterocycles. The summed E-state index contributed by atoms with van der Waals surface area (Å²) < 4.78 is 14.9. The summed E-state index contributed by atoms with van der Waals surface area (Å²) in [6.07, 6.45) is 0. The van der Waals surface area contributed by atoms with Crippen LogP contribution in [0.3, 0.4) is 0 Å². The quantitative estimate of drug-likeness (QED) is 0.468. The summed E-state index contributed by atoms with van der Waals surface area (Å²) >= 11 is 0. The van der Waals surface area contributed by atoms with Crippen LogP contribution in [0.2, 0.25) is 0 Å². The van der Waals surface area contributed by atoms with Crippen LogP contribution >= 0.6 is 0 Å². The third-order valence-corrected chi connectivity index (χ3v) is 6.32. The molecule has 1 saturated heterocycles. The molecule has 0 unspecified atom stereocenters. The number of piperazine rings is 1. The molecule has 0 radical (unpaired) electrons. The van der Waals surface area contributed by atoms with Gasteiger partial charge in [-0.15, -0.1) is 0 Å². The molecule has 0 aliphatic carbocycles. The van der Waals surface area contributed by atoms with E-state index < -0.39 is 0 Å². The van der Waals surface area contributed by atoms with Crippen molar-refractivity contribution in [1.29, 1.82) is 0 Å². The molecule has 4 aromatic rings. The molecule has 0 N–H and O–H groups in total. The van der Waals surface area contributed by atoms with Gasteiger partial charge in [0.2, 0.25) is 0 Å². The summed E-state index contributed by atoms with van der Waals surface area (Å²) in [5.41, 5.74) is 4.45. The Morgan fingerprint density at radius 2 is 1.59 bits per heavy atom. The van der Waals surface area contributed by atoms with E-state index in [1.54, 1.807) is 23.6 Å². The normalized spacial score (nSPS) is 13.9.